The highest BCUT2D eigenvalue weighted by Crippen LogP contribution is 2.22. The average Bonchev–Trinajstić information content (AvgIpc) is 2.40. The smallest absolute Gasteiger partial charge is 0.281 e. The van der Waals surface area contributed by atoms with Crippen molar-refractivity contribution in [2.24, 2.45) is 5.92 Å². The number of aldehydes is 1. The van der Waals surface area contributed by atoms with Gasteiger partial charge in [0.15, 0.2) is 0 Å². The van der Waals surface area contributed by atoms with Crippen molar-refractivity contribution in [3.63, 3.8) is 0 Å². The molecule has 0 atom stereocenters. The molecule has 17 heavy (non-hydrogen) atoms. The normalized spacial score (nSPS) is 25.9. The Morgan fingerprint density at radius 3 is 1.94 bits per heavy atom. The quantitative estimate of drug-likeness (QED) is 0.699. The van der Waals surface area contributed by atoms with Gasteiger partial charge in [0, 0.05) is 32.1 Å². The van der Waals surface area contributed by atoms with E-state index in [2.05, 4.69) is 0 Å². The van der Waals surface area contributed by atoms with Crippen LogP contribution in [0.15, 0.2) is 0 Å². The highest BCUT2D eigenvalue weighted by Gasteiger charge is 2.33. The number of nitrogens with zero attached hydrogens (tertiary/aromatic N) is 2. The fourth-order valence-corrected chi connectivity index (χ4v) is 4.22. The van der Waals surface area contributed by atoms with Crippen LogP contribution in [-0.2, 0) is 15.0 Å². The topological polar surface area (TPSA) is 57.7 Å². The lowest BCUT2D eigenvalue weighted by Crippen LogP contribution is -2.48. The summed E-state index contributed by atoms with van der Waals surface area (Å²) in [5, 5.41) is 0. The van der Waals surface area contributed by atoms with E-state index in [4.69, 9.17) is 0 Å². The number of carbonyl (C=O) groups is 1. The van der Waals surface area contributed by atoms with Gasteiger partial charge in [-0.15, -0.1) is 0 Å². The average molecular weight is 260 g/mol. The van der Waals surface area contributed by atoms with Gasteiger partial charge in [0.25, 0.3) is 10.2 Å². The van der Waals surface area contributed by atoms with E-state index in [0.29, 0.717) is 39.0 Å². The van der Waals surface area contributed by atoms with Gasteiger partial charge in [0.2, 0.25) is 0 Å². The van der Waals surface area contributed by atoms with Gasteiger partial charge in [-0.1, -0.05) is 6.42 Å². The van der Waals surface area contributed by atoms with Crippen molar-refractivity contribution in [1.82, 2.24) is 8.61 Å². The standard InChI is InChI=1S/C11H20N2O3S/c14-10-11-4-8-13(9-5-11)17(15,16)12-6-2-1-3-7-12/h10-11H,1-9H2. The maximum Gasteiger partial charge on any atom is 0.281 e. The SMILES string of the molecule is O=CC1CCN(S(=O)(=O)N2CCCCC2)CC1. The second kappa shape index (κ2) is 5.46. The summed E-state index contributed by atoms with van der Waals surface area (Å²) in [6, 6.07) is 0. The zero-order valence-electron chi connectivity index (χ0n) is 10.0. The molecule has 6 heteroatoms. The van der Waals surface area contributed by atoms with Crippen LogP contribution < -0.4 is 0 Å². The Labute approximate surface area is 103 Å². The summed E-state index contributed by atoms with van der Waals surface area (Å²) >= 11 is 0. The first-order valence-electron chi connectivity index (χ1n) is 6.35. The van der Waals surface area contributed by atoms with E-state index in [1.54, 1.807) is 8.61 Å². The number of rotatable bonds is 3. The molecule has 0 radical (unpaired) electrons. The monoisotopic (exact) mass is 260 g/mol. The van der Waals surface area contributed by atoms with Crippen LogP contribution in [0.1, 0.15) is 32.1 Å². The second-order valence-corrected chi connectivity index (χ2v) is 6.77. The van der Waals surface area contributed by atoms with E-state index >= 15 is 0 Å². The zero-order chi connectivity index (χ0) is 12.3. The minimum Gasteiger partial charge on any atom is -0.303 e. The summed E-state index contributed by atoms with van der Waals surface area (Å²) in [5.74, 6) is 0.0443. The molecule has 0 spiro atoms. The van der Waals surface area contributed by atoms with E-state index in [1.807, 2.05) is 0 Å². The van der Waals surface area contributed by atoms with Crippen molar-refractivity contribution in [2.75, 3.05) is 26.2 Å². The Morgan fingerprint density at radius 2 is 1.41 bits per heavy atom. The largest absolute Gasteiger partial charge is 0.303 e. The van der Waals surface area contributed by atoms with Gasteiger partial charge in [-0.3, -0.25) is 0 Å². The van der Waals surface area contributed by atoms with Crippen LogP contribution in [0.2, 0.25) is 0 Å². The highest BCUT2D eigenvalue weighted by molar-refractivity contribution is 7.86. The molecule has 2 aliphatic heterocycles. The van der Waals surface area contributed by atoms with Gasteiger partial charge in [-0.25, -0.2) is 0 Å². The molecule has 0 saturated carbocycles. The predicted octanol–water partition coefficient (Wildman–Crippen LogP) is 0.628. The van der Waals surface area contributed by atoms with E-state index in [-0.39, 0.29) is 5.92 Å². The molecule has 0 aromatic heterocycles. The molecule has 0 amide bonds. The summed E-state index contributed by atoms with van der Waals surface area (Å²) in [6.45, 7) is 2.27. The van der Waals surface area contributed by atoms with Gasteiger partial charge in [-0.05, 0) is 25.7 Å². The van der Waals surface area contributed by atoms with Crippen molar-refractivity contribution in [3.05, 3.63) is 0 Å². The van der Waals surface area contributed by atoms with Crippen LogP contribution >= 0.6 is 0 Å². The van der Waals surface area contributed by atoms with Crippen molar-refractivity contribution in [1.29, 1.82) is 0 Å². The molecule has 2 rings (SSSR count). The summed E-state index contributed by atoms with van der Waals surface area (Å²) < 4.78 is 27.7. The lowest BCUT2D eigenvalue weighted by atomic mass is 10.0. The molecule has 0 aromatic rings. The van der Waals surface area contributed by atoms with E-state index in [0.717, 1.165) is 25.5 Å². The van der Waals surface area contributed by atoms with Gasteiger partial charge in [0.05, 0.1) is 0 Å². The molecule has 98 valence electrons. The molecule has 2 heterocycles. The highest BCUT2D eigenvalue weighted by atomic mass is 32.2. The minimum atomic E-state index is -3.27. The Bertz CT molecular complexity index is 355. The third-order valence-electron chi connectivity index (χ3n) is 3.66. The van der Waals surface area contributed by atoms with Gasteiger partial charge >= 0.3 is 0 Å². The van der Waals surface area contributed by atoms with Crippen LogP contribution in [0.3, 0.4) is 0 Å². The molecule has 0 unspecified atom stereocenters. The minimum absolute atomic E-state index is 0.0443. The number of carbonyl (C=O) groups excluding carboxylic acids is 1. The van der Waals surface area contributed by atoms with Crippen molar-refractivity contribution >= 4 is 16.5 Å². The van der Waals surface area contributed by atoms with E-state index in [1.165, 1.54) is 0 Å². The lowest BCUT2D eigenvalue weighted by Gasteiger charge is -2.35. The van der Waals surface area contributed by atoms with Crippen LogP contribution in [0.5, 0.6) is 0 Å². The summed E-state index contributed by atoms with van der Waals surface area (Å²) in [6.07, 6.45) is 5.32. The molecule has 0 N–H and O–H groups in total. The third-order valence-corrected chi connectivity index (χ3v) is 5.69. The molecule has 0 bridgehead atoms. The Morgan fingerprint density at radius 1 is 0.882 bits per heavy atom. The Balaban J connectivity index is 1.98. The third kappa shape index (κ3) is 2.86. The summed E-state index contributed by atoms with van der Waals surface area (Å²) in [5.41, 5.74) is 0. The maximum atomic E-state index is 12.3. The fraction of sp³-hybridized carbons (Fsp3) is 0.909. The van der Waals surface area contributed by atoms with Crippen molar-refractivity contribution in [2.45, 2.75) is 32.1 Å². The molecule has 5 nitrogen and oxygen atoms in total. The molecule has 2 saturated heterocycles. The first-order valence-corrected chi connectivity index (χ1v) is 7.75. The molecule has 0 aliphatic carbocycles. The van der Waals surface area contributed by atoms with E-state index in [9.17, 15) is 13.2 Å². The Hall–Kier alpha value is -0.460. The van der Waals surface area contributed by atoms with E-state index < -0.39 is 10.2 Å². The number of hydrogen-bond acceptors (Lipinski definition) is 3. The van der Waals surface area contributed by atoms with Crippen LogP contribution in [0.4, 0.5) is 0 Å². The fourth-order valence-electron chi connectivity index (χ4n) is 2.50. The molecular weight excluding hydrogens is 240 g/mol. The van der Waals surface area contributed by atoms with Crippen LogP contribution in [0.25, 0.3) is 0 Å². The van der Waals surface area contributed by atoms with Gasteiger partial charge in [-0.2, -0.15) is 17.0 Å². The number of hydrogen-bond donors (Lipinski definition) is 0. The number of piperidine rings is 2. The van der Waals surface area contributed by atoms with Crippen LogP contribution in [0, 0.1) is 5.92 Å². The first-order chi connectivity index (χ1) is 8.14. The van der Waals surface area contributed by atoms with Gasteiger partial charge < -0.3 is 4.79 Å². The lowest BCUT2D eigenvalue weighted by molar-refractivity contribution is -0.112. The summed E-state index contributed by atoms with van der Waals surface area (Å²) in [4.78, 5) is 10.6. The van der Waals surface area contributed by atoms with Crippen molar-refractivity contribution in [3.8, 4) is 0 Å². The second-order valence-electron chi connectivity index (χ2n) is 4.84. The predicted molar refractivity (Wildman–Crippen MR) is 64.7 cm³/mol. The molecule has 2 aliphatic rings. The van der Waals surface area contributed by atoms with Crippen molar-refractivity contribution < 1.29 is 13.2 Å². The Kier molecular flexibility index (Phi) is 4.17. The molecule has 2 fully saturated rings. The molecule has 0 aromatic carbocycles. The zero-order valence-corrected chi connectivity index (χ0v) is 10.9. The summed E-state index contributed by atoms with van der Waals surface area (Å²) in [7, 11) is -3.27. The first kappa shape index (κ1) is 13.0. The molecular formula is C11H20N2O3S. The van der Waals surface area contributed by atoms with Crippen LogP contribution in [-0.4, -0.2) is 49.5 Å². The maximum absolute atomic E-state index is 12.3. The van der Waals surface area contributed by atoms with Gasteiger partial charge in [0.1, 0.15) is 6.29 Å².